The van der Waals surface area contributed by atoms with Crippen molar-refractivity contribution >= 4 is 28.6 Å². The van der Waals surface area contributed by atoms with Gasteiger partial charge in [0.2, 0.25) is 0 Å². The van der Waals surface area contributed by atoms with Crippen molar-refractivity contribution in [3.05, 3.63) is 74.2 Å². The van der Waals surface area contributed by atoms with E-state index >= 15 is 0 Å². The average Bonchev–Trinajstić information content (AvgIpc) is 2.71. The Kier molecular flexibility index (Phi) is 5.63. The lowest BCUT2D eigenvalue weighted by molar-refractivity contribution is -0.398. The van der Waals surface area contributed by atoms with Crippen LogP contribution in [0.5, 0.6) is 5.75 Å². The van der Waals surface area contributed by atoms with E-state index in [-0.39, 0.29) is 16.8 Å². The highest BCUT2D eigenvalue weighted by Crippen LogP contribution is 2.22. The summed E-state index contributed by atoms with van der Waals surface area (Å²) in [6, 6.07) is 10.1. The molecule has 29 heavy (non-hydrogen) atoms. The maximum Gasteiger partial charge on any atom is 0.292 e. The molecule has 0 saturated heterocycles. The van der Waals surface area contributed by atoms with Gasteiger partial charge in [0.15, 0.2) is 5.69 Å². The molecule has 2 aromatic carbocycles. The fraction of sp³-hybridized carbons (Fsp3) is 0.158. The van der Waals surface area contributed by atoms with Gasteiger partial charge < -0.3 is 5.11 Å². The SMILES string of the molecule is CCCn1nc(C(=O)N/N=C\c2ccc([O-])c([N+](=O)[O-])c2)c2ccccc2c1=O. The van der Waals surface area contributed by atoms with Gasteiger partial charge in [-0.3, -0.25) is 19.7 Å². The van der Waals surface area contributed by atoms with Crippen LogP contribution in [0.4, 0.5) is 5.69 Å². The topological polar surface area (TPSA) is 143 Å². The molecule has 0 spiro atoms. The molecule has 0 bridgehead atoms. The molecule has 10 heteroatoms. The van der Waals surface area contributed by atoms with Crippen LogP contribution in [0.1, 0.15) is 29.4 Å². The molecular weight excluding hydrogens is 378 g/mol. The van der Waals surface area contributed by atoms with Crippen LogP contribution in [0.3, 0.4) is 0 Å². The first-order chi connectivity index (χ1) is 13.9. The van der Waals surface area contributed by atoms with Crippen molar-refractivity contribution < 1.29 is 14.8 Å². The molecule has 0 saturated carbocycles. The van der Waals surface area contributed by atoms with E-state index in [2.05, 4.69) is 15.6 Å². The van der Waals surface area contributed by atoms with E-state index in [0.29, 0.717) is 23.7 Å². The highest BCUT2D eigenvalue weighted by Gasteiger charge is 2.16. The number of nitro groups is 1. The number of amides is 1. The fourth-order valence-corrected chi connectivity index (χ4v) is 2.74. The molecule has 1 heterocycles. The summed E-state index contributed by atoms with van der Waals surface area (Å²) in [5.74, 6) is -1.36. The quantitative estimate of drug-likeness (QED) is 0.382. The third-order valence-electron chi connectivity index (χ3n) is 4.08. The first-order valence-corrected chi connectivity index (χ1v) is 8.71. The van der Waals surface area contributed by atoms with Crippen LogP contribution in [-0.4, -0.2) is 26.8 Å². The maximum atomic E-state index is 12.6. The predicted octanol–water partition coefficient (Wildman–Crippen LogP) is 1.55. The van der Waals surface area contributed by atoms with E-state index in [1.165, 1.54) is 17.0 Å². The van der Waals surface area contributed by atoms with Gasteiger partial charge >= 0.3 is 0 Å². The number of nitrogens with one attached hydrogen (secondary N) is 1. The van der Waals surface area contributed by atoms with Gasteiger partial charge in [-0.15, -0.1) is 0 Å². The average molecular weight is 394 g/mol. The fourth-order valence-electron chi connectivity index (χ4n) is 2.74. The minimum absolute atomic E-state index is 0.0340. The minimum atomic E-state index is -0.786. The minimum Gasteiger partial charge on any atom is -0.868 e. The Morgan fingerprint density at radius 3 is 2.69 bits per heavy atom. The van der Waals surface area contributed by atoms with Gasteiger partial charge in [-0.25, -0.2) is 10.1 Å². The van der Waals surface area contributed by atoms with Gasteiger partial charge in [-0.2, -0.15) is 10.2 Å². The Bertz CT molecular complexity index is 1190. The van der Waals surface area contributed by atoms with Gasteiger partial charge in [0.25, 0.3) is 17.2 Å². The molecule has 0 radical (unpaired) electrons. The second-order valence-electron chi connectivity index (χ2n) is 6.11. The van der Waals surface area contributed by atoms with E-state index in [9.17, 15) is 24.8 Å². The normalized spacial score (nSPS) is 11.1. The van der Waals surface area contributed by atoms with E-state index in [1.807, 2.05) is 6.92 Å². The standard InChI is InChI=1S/C19H17N5O5/c1-2-9-23-19(27)14-6-4-3-5-13(14)17(22-23)18(26)21-20-11-12-7-8-16(25)15(10-12)24(28)29/h3-8,10-11,25H,2,9H2,1H3,(H,21,26)/p-1/b20-11-. The molecule has 1 N–H and O–H groups in total. The van der Waals surface area contributed by atoms with Crippen molar-refractivity contribution in [2.45, 2.75) is 19.9 Å². The second-order valence-corrected chi connectivity index (χ2v) is 6.11. The monoisotopic (exact) mass is 394 g/mol. The van der Waals surface area contributed by atoms with Crippen LogP contribution in [-0.2, 0) is 6.54 Å². The van der Waals surface area contributed by atoms with Gasteiger partial charge in [0, 0.05) is 23.6 Å². The summed E-state index contributed by atoms with van der Waals surface area (Å²) in [6.45, 7) is 2.25. The first-order valence-electron chi connectivity index (χ1n) is 8.71. The number of hydrogen-bond donors (Lipinski definition) is 1. The molecule has 1 aromatic heterocycles. The Hall–Kier alpha value is -4.08. The van der Waals surface area contributed by atoms with Crippen LogP contribution in [0, 0.1) is 10.1 Å². The Morgan fingerprint density at radius 2 is 2.00 bits per heavy atom. The number of fused-ring (bicyclic) bond motifs is 1. The molecule has 10 nitrogen and oxygen atoms in total. The number of aromatic nitrogens is 2. The highest BCUT2D eigenvalue weighted by atomic mass is 16.6. The number of nitrogens with zero attached hydrogens (tertiary/aromatic N) is 4. The van der Waals surface area contributed by atoms with Crippen LogP contribution < -0.4 is 16.1 Å². The smallest absolute Gasteiger partial charge is 0.292 e. The Labute approximate surface area is 164 Å². The summed E-state index contributed by atoms with van der Waals surface area (Å²) in [5.41, 5.74) is 1.73. The molecular formula is C19H16N5O5-. The lowest BCUT2D eigenvalue weighted by atomic mass is 10.1. The van der Waals surface area contributed by atoms with Crippen molar-refractivity contribution in [1.29, 1.82) is 0 Å². The summed E-state index contributed by atoms with van der Waals surface area (Å²) in [6.07, 6.45) is 1.84. The van der Waals surface area contributed by atoms with Crippen LogP contribution in [0.2, 0.25) is 0 Å². The third-order valence-corrected chi connectivity index (χ3v) is 4.08. The molecule has 0 aliphatic carbocycles. The van der Waals surface area contributed by atoms with E-state index in [4.69, 9.17) is 0 Å². The van der Waals surface area contributed by atoms with E-state index in [1.54, 1.807) is 24.3 Å². The number of nitro benzene ring substituents is 1. The van der Waals surface area contributed by atoms with Gasteiger partial charge in [0.1, 0.15) is 0 Å². The predicted molar refractivity (Wildman–Crippen MR) is 104 cm³/mol. The number of aryl methyl sites for hydroxylation is 1. The summed E-state index contributed by atoms with van der Waals surface area (Å²) < 4.78 is 1.23. The molecule has 3 aromatic rings. The second kappa shape index (κ2) is 8.30. The summed E-state index contributed by atoms with van der Waals surface area (Å²) in [5, 5.41) is 30.9. The van der Waals surface area contributed by atoms with Crippen LogP contribution in [0.15, 0.2) is 52.4 Å². The number of carbonyl (C=O) groups is 1. The zero-order valence-electron chi connectivity index (χ0n) is 15.4. The Balaban J connectivity index is 1.90. The number of benzene rings is 2. The molecule has 148 valence electrons. The molecule has 0 unspecified atom stereocenters. The van der Waals surface area contributed by atoms with Gasteiger partial charge in [-0.05, 0) is 18.2 Å². The Morgan fingerprint density at radius 1 is 1.28 bits per heavy atom. The molecule has 0 fully saturated rings. The number of hydrogen-bond acceptors (Lipinski definition) is 7. The summed E-state index contributed by atoms with van der Waals surface area (Å²) in [4.78, 5) is 35.1. The first kappa shape index (κ1) is 19.7. The maximum absolute atomic E-state index is 12.6. The van der Waals surface area contributed by atoms with E-state index < -0.39 is 22.3 Å². The lowest BCUT2D eigenvalue weighted by Gasteiger charge is -2.09. The largest absolute Gasteiger partial charge is 0.868 e. The molecule has 3 rings (SSSR count). The van der Waals surface area contributed by atoms with Crippen LogP contribution in [0.25, 0.3) is 10.8 Å². The molecule has 0 atom stereocenters. The zero-order valence-corrected chi connectivity index (χ0v) is 15.4. The molecule has 0 aliphatic heterocycles. The zero-order chi connectivity index (χ0) is 21.0. The van der Waals surface area contributed by atoms with Crippen molar-refractivity contribution in [2.24, 2.45) is 5.10 Å². The van der Waals surface area contributed by atoms with Crippen LogP contribution >= 0.6 is 0 Å². The summed E-state index contributed by atoms with van der Waals surface area (Å²) >= 11 is 0. The highest BCUT2D eigenvalue weighted by molar-refractivity contribution is 6.05. The lowest BCUT2D eigenvalue weighted by Crippen LogP contribution is -2.29. The van der Waals surface area contributed by atoms with Gasteiger partial charge in [-0.1, -0.05) is 37.3 Å². The number of hydrazone groups is 1. The number of rotatable bonds is 6. The molecule has 1 amide bonds. The molecule has 0 aliphatic rings. The van der Waals surface area contributed by atoms with Gasteiger partial charge in [0.05, 0.1) is 16.5 Å². The van der Waals surface area contributed by atoms with E-state index in [0.717, 1.165) is 12.1 Å². The third kappa shape index (κ3) is 4.10. The summed E-state index contributed by atoms with van der Waals surface area (Å²) in [7, 11) is 0. The van der Waals surface area contributed by atoms with Crippen molar-refractivity contribution in [3.63, 3.8) is 0 Å². The number of carbonyl (C=O) groups excluding carboxylic acids is 1. The van der Waals surface area contributed by atoms with Crippen molar-refractivity contribution in [2.75, 3.05) is 0 Å². The van der Waals surface area contributed by atoms with Crippen molar-refractivity contribution in [1.82, 2.24) is 15.2 Å². The van der Waals surface area contributed by atoms with Crippen molar-refractivity contribution in [3.8, 4) is 5.75 Å².